The van der Waals surface area contributed by atoms with Crippen LogP contribution in [0.4, 0.5) is 10.5 Å². The van der Waals surface area contributed by atoms with Crippen LogP contribution in [0, 0.1) is 0 Å². The van der Waals surface area contributed by atoms with Crippen LogP contribution in [-0.4, -0.2) is 49.7 Å². The Kier molecular flexibility index (Phi) is 7.48. The number of nitrogens with one attached hydrogen (secondary N) is 3. The van der Waals surface area contributed by atoms with Gasteiger partial charge in [0.15, 0.2) is 5.96 Å². The molecule has 2 aliphatic rings. The van der Waals surface area contributed by atoms with Crippen LogP contribution in [0.2, 0.25) is 0 Å². The molecule has 4 rings (SSSR count). The zero-order valence-electron chi connectivity index (χ0n) is 18.8. The van der Waals surface area contributed by atoms with E-state index in [1.165, 1.54) is 11.1 Å². The number of rotatable bonds is 7. The van der Waals surface area contributed by atoms with E-state index in [0.29, 0.717) is 6.54 Å². The van der Waals surface area contributed by atoms with E-state index in [-0.39, 0.29) is 6.03 Å². The first kappa shape index (κ1) is 22.0. The number of benzene rings is 2. The predicted molar refractivity (Wildman–Crippen MR) is 128 cm³/mol. The lowest BCUT2D eigenvalue weighted by atomic mass is 10.1. The van der Waals surface area contributed by atoms with Crippen molar-refractivity contribution in [1.29, 1.82) is 0 Å². The minimum absolute atomic E-state index is 0.0173. The number of carbonyl (C=O) groups is 1. The third kappa shape index (κ3) is 5.93. The first-order chi connectivity index (χ1) is 15.7. The van der Waals surface area contributed by atoms with Crippen LogP contribution >= 0.6 is 0 Å². The molecular formula is C25H33N5O2. The highest BCUT2D eigenvalue weighted by Gasteiger charge is 2.17. The van der Waals surface area contributed by atoms with E-state index < -0.39 is 0 Å². The van der Waals surface area contributed by atoms with E-state index >= 15 is 0 Å². The molecule has 2 aliphatic heterocycles. The second-order valence-corrected chi connectivity index (χ2v) is 8.24. The summed E-state index contributed by atoms with van der Waals surface area (Å²) in [6.45, 7) is 6.67. The zero-order chi connectivity index (χ0) is 22.2. The Bertz CT molecular complexity index is 953. The molecule has 1 fully saturated rings. The van der Waals surface area contributed by atoms with Gasteiger partial charge in [-0.3, -0.25) is 0 Å². The number of likely N-dealkylation sites (tertiary alicyclic amines) is 1. The lowest BCUT2D eigenvalue weighted by Gasteiger charge is -2.16. The lowest BCUT2D eigenvalue weighted by Crippen LogP contribution is -2.38. The van der Waals surface area contributed by atoms with Gasteiger partial charge in [0.2, 0.25) is 0 Å². The van der Waals surface area contributed by atoms with Crippen molar-refractivity contribution >= 4 is 17.7 Å². The molecular weight excluding hydrogens is 402 g/mol. The number of urea groups is 1. The minimum atomic E-state index is -0.0173. The van der Waals surface area contributed by atoms with E-state index in [9.17, 15) is 4.79 Å². The fourth-order valence-electron chi connectivity index (χ4n) is 4.10. The van der Waals surface area contributed by atoms with Crippen molar-refractivity contribution in [2.45, 2.75) is 39.2 Å². The quantitative estimate of drug-likeness (QED) is 0.459. The number of amides is 2. The first-order valence-electron chi connectivity index (χ1n) is 11.6. The molecule has 0 saturated carbocycles. The number of guanidine groups is 1. The third-order valence-corrected chi connectivity index (χ3v) is 5.80. The molecule has 0 bridgehead atoms. The Balaban J connectivity index is 1.30. The van der Waals surface area contributed by atoms with E-state index in [1.807, 2.05) is 29.2 Å². The molecule has 2 amide bonds. The van der Waals surface area contributed by atoms with E-state index in [0.717, 1.165) is 81.4 Å². The number of fused-ring (bicyclic) bond motifs is 1. The Morgan fingerprint density at radius 2 is 1.97 bits per heavy atom. The summed E-state index contributed by atoms with van der Waals surface area (Å²) in [6, 6.07) is 14.4. The molecule has 170 valence electrons. The van der Waals surface area contributed by atoms with Crippen LogP contribution in [0.3, 0.4) is 0 Å². The highest BCUT2D eigenvalue weighted by Crippen LogP contribution is 2.25. The molecule has 2 aromatic rings. The van der Waals surface area contributed by atoms with Crippen molar-refractivity contribution in [2.24, 2.45) is 4.99 Å². The minimum Gasteiger partial charge on any atom is -0.493 e. The van der Waals surface area contributed by atoms with Crippen molar-refractivity contribution in [3.8, 4) is 5.75 Å². The van der Waals surface area contributed by atoms with Gasteiger partial charge in [0, 0.05) is 38.3 Å². The molecule has 0 unspecified atom stereocenters. The standard InChI is InChI=1S/C25H33N5O2/c1-2-26-24(27-12-10-19-8-9-23-21(16-19)11-15-32-23)28-18-20-6-5-7-22(17-20)29-25(31)30-13-3-4-14-30/h5-9,16-17H,2-4,10-15,18H2,1H3,(H,29,31)(H2,26,27,28). The van der Waals surface area contributed by atoms with Crippen LogP contribution in [0.25, 0.3) is 0 Å². The third-order valence-electron chi connectivity index (χ3n) is 5.80. The monoisotopic (exact) mass is 435 g/mol. The van der Waals surface area contributed by atoms with Crippen molar-refractivity contribution < 1.29 is 9.53 Å². The predicted octanol–water partition coefficient (Wildman–Crippen LogP) is 3.55. The smallest absolute Gasteiger partial charge is 0.321 e. The van der Waals surface area contributed by atoms with Gasteiger partial charge < -0.3 is 25.6 Å². The molecule has 32 heavy (non-hydrogen) atoms. The molecule has 3 N–H and O–H groups in total. The summed E-state index contributed by atoms with van der Waals surface area (Å²) in [5.41, 5.74) is 4.48. The van der Waals surface area contributed by atoms with Crippen molar-refractivity contribution in [3.63, 3.8) is 0 Å². The van der Waals surface area contributed by atoms with Gasteiger partial charge >= 0.3 is 6.03 Å². The second kappa shape index (κ2) is 10.9. The Hall–Kier alpha value is -3.22. The van der Waals surface area contributed by atoms with Gasteiger partial charge in [0.05, 0.1) is 13.2 Å². The molecule has 2 aromatic carbocycles. The summed E-state index contributed by atoms with van der Waals surface area (Å²) in [6.07, 6.45) is 4.10. The molecule has 0 spiro atoms. The van der Waals surface area contributed by atoms with E-state index in [2.05, 4.69) is 41.1 Å². The second-order valence-electron chi connectivity index (χ2n) is 8.24. The fourth-order valence-corrected chi connectivity index (χ4v) is 4.10. The van der Waals surface area contributed by atoms with E-state index in [4.69, 9.17) is 9.73 Å². The average Bonchev–Trinajstić information content (AvgIpc) is 3.49. The topological polar surface area (TPSA) is 78.0 Å². The molecule has 1 saturated heterocycles. The molecule has 0 atom stereocenters. The highest BCUT2D eigenvalue weighted by atomic mass is 16.5. The number of aliphatic imine (C=N–C) groups is 1. The Morgan fingerprint density at radius 1 is 1.09 bits per heavy atom. The normalized spacial score (nSPS) is 15.3. The van der Waals surface area contributed by atoms with Gasteiger partial charge in [0.25, 0.3) is 0 Å². The number of hydrogen-bond donors (Lipinski definition) is 3. The van der Waals surface area contributed by atoms with Gasteiger partial charge in [0.1, 0.15) is 5.75 Å². The molecule has 7 nitrogen and oxygen atoms in total. The van der Waals surface area contributed by atoms with Crippen LogP contribution in [0.15, 0.2) is 47.5 Å². The zero-order valence-corrected chi connectivity index (χ0v) is 18.8. The van der Waals surface area contributed by atoms with Gasteiger partial charge in [-0.05, 0) is 61.1 Å². The van der Waals surface area contributed by atoms with Crippen molar-refractivity contribution in [2.75, 3.05) is 38.1 Å². The summed E-state index contributed by atoms with van der Waals surface area (Å²) >= 11 is 0. The summed E-state index contributed by atoms with van der Waals surface area (Å²) in [5.74, 6) is 1.82. The summed E-state index contributed by atoms with van der Waals surface area (Å²) in [7, 11) is 0. The molecule has 2 heterocycles. The van der Waals surface area contributed by atoms with E-state index in [1.54, 1.807) is 0 Å². The number of carbonyl (C=O) groups excluding carboxylic acids is 1. The summed E-state index contributed by atoms with van der Waals surface area (Å²) < 4.78 is 5.59. The van der Waals surface area contributed by atoms with Crippen molar-refractivity contribution in [1.82, 2.24) is 15.5 Å². The maximum atomic E-state index is 12.3. The Morgan fingerprint density at radius 3 is 2.81 bits per heavy atom. The molecule has 7 heteroatoms. The fraction of sp³-hybridized carbons (Fsp3) is 0.440. The number of ether oxygens (including phenoxy) is 1. The maximum Gasteiger partial charge on any atom is 0.321 e. The molecule has 0 aromatic heterocycles. The highest BCUT2D eigenvalue weighted by molar-refractivity contribution is 5.89. The maximum absolute atomic E-state index is 12.3. The largest absolute Gasteiger partial charge is 0.493 e. The summed E-state index contributed by atoms with van der Waals surface area (Å²) in [4.78, 5) is 18.9. The van der Waals surface area contributed by atoms with Gasteiger partial charge in [-0.1, -0.05) is 24.3 Å². The van der Waals surface area contributed by atoms with Gasteiger partial charge in [-0.15, -0.1) is 0 Å². The average molecular weight is 436 g/mol. The molecule has 0 radical (unpaired) electrons. The number of hydrogen-bond acceptors (Lipinski definition) is 3. The van der Waals surface area contributed by atoms with Crippen molar-refractivity contribution in [3.05, 3.63) is 59.2 Å². The van der Waals surface area contributed by atoms with Crippen LogP contribution in [-0.2, 0) is 19.4 Å². The SMILES string of the molecule is CCNC(=NCc1cccc(NC(=O)N2CCCC2)c1)NCCc1ccc2c(c1)CCO2. The van der Waals surface area contributed by atoms with Gasteiger partial charge in [-0.2, -0.15) is 0 Å². The summed E-state index contributed by atoms with van der Waals surface area (Å²) in [5, 5.41) is 9.74. The Labute approximate surface area is 190 Å². The molecule has 0 aliphatic carbocycles. The number of anilines is 1. The van der Waals surface area contributed by atoms with Gasteiger partial charge in [-0.25, -0.2) is 9.79 Å². The van der Waals surface area contributed by atoms with Crippen LogP contribution < -0.4 is 20.7 Å². The lowest BCUT2D eigenvalue weighted by molar-refractivity contribution is 0.222. The number of nitrogens with zero attached hydrogens (tertiary/aromatic N) is 2. The first-order valence-corrected chi connectivity index (χ1v) is 11.6. The van der Waals surface area contributed by atoms with Crippen LogP contribution in [0.1, 0.15) is 36.5 Å². The van der Waals surface area contributed by atoms with Crippen LogP contribution in [0.5, 0.6) is 5.75 Å².